The number of ether oxygens (including phenoxy) is 1. The number of carbonyl (C=O) groups is 2. The second kappa shape index (κ2) is 6.68. The average Bonchev–Trinajstić information content (AvgIpc) is 2.89. The molecule has 0 radical (unpaired) electrons. The minimum absolute atomic E-state index is 0.0302. The van der Waals surface area contributed by atoms with Crippen LogP contribution in [0.5, 0.6) is 0 Å². The van der Waals surface area contributed by atoms with Crippen molar-refractivity contribution in [3.05, 3.63) is 28.7 Å². The van der Waals surface area contributed by atoms with E-state index >= 15 is 0 Å². The molecule has 0 saturated carbocycles. The highest BCUT2D eigenvalue weighted by molar-refractivity contribution is 9.10. The van der Waals surface area contributed by atoms with Crippen LogP contribution in [0.3, 0.4) is 0 Å². The molecule has 0 unspecified atom stereocenters. The topological polar surface area (TPSA) is 67.4 Å². The molecule has 1 fully saturated rings. The zero-order valence-electron chi connectivity index (χ0n) is 10.3. The van der Waals surface area contributed by atoms with E-state index in [1.54, 1.807) is 18.2 Å². The molecule has 1 saturated heterocycles. The third kappa shape index (κ3) is 4.33. The number of hydrogen-bond donors (Lipinski definition) is 2. The molecule has 1 atom stereocenters. The molecule has 2 amide bonds. The lowest BCUT2D eigenvalue weighted by Crippen LogP contribution is -2.39. The summed E-state index contributed by atoms with van der Waals surface area (Å²) in [5, 5.41) is 5.11. The van der Waals surface area contributed by atoms with E-state index in [2.05, 4.69) is 26.6 Å². The summed E-state index contributed by atoms with van der Waals surface area (Å²) in [6.45, 7) is 1.11. The van der Waals surface area contributed by atoms with Crippen molar-refractivity contribution in [2.24, 2.45) is 0 Å². The van der Waals surface area contributed by atoms with Gasteiger partial charge in [0.1, 0.15) is 0 Å². The number of rotatable bonds is 3. The van der Waals surface area contributed by atoms with Crippen molar-refractivity contribution in [1.82, 2.24) is 5.32 Å². The number of amides is 2. The fourth-order valence-electron chi connectivity index (χ4n) is 1.85. The van der Waals surface area contributed by atoms with E-state index in [0.29, 0.717) is 12.2 Å². The molecule has 5 nitrogen and oxygen atoms in total. The van der Waals surface area contributed by atoms with Gasteiger partial charge in [0.05, 0.1) is 6.10 Å². The van der Waals surface area contributed by atoms with Gasteiger partial charge in [0.25, 0.3) is 0 Å². The zero-order valence-corrected chi connectivity index (χ0v) is 11.9. The van der Waals surface area contributed by atoms with E-state index < -0.39 is 11.8 Å². The highest BCUT2D eigenvalue weighted by atomic mass is 79.9. The second-order valence-electron chi connectivity index (χ2n) is 4.31. The van der Waals surface area contributed by atoms with Crippen LogP contribution in [0, 0.1) is 0 Å². The van der Waals surface area contributed by atoms with Gasteiger partial charge in [-0.15, -0.1) is 0 Å². The first-order valence-electron chi connectivity index (χ1n) is 6.11. The molecule has 0 spiro atoms. The Bertz CT molecular complexity index is 473. The average molecular weight is 327 g/mol. The molecule has 0 aliphatic carbocycles. The molecule has 6 heteroatoms. The van der Waals surface area contributed by atoms with Crippen LogP contribution in [-0.4, -0.2) is 31.1 Å². The Morgan fingerprint density at radius 2 is 2.21 bits per heavy atom. The summed E-state index contributed by atoms with van der Waals surface area (Å²) in [7, 11) is 0. The lowest BCUT2D eigenvalue weighted by atomic mass is 10.2. The van der Waals surface area contributed by atoms with Gasteiger partial charge in [-0.2, -0.15) is 0 Å². The van der Waals surface area contributed by atoms with Crippen molar-refractivity contribution in [3.63, 3.8) is 0 Å². The van der Waals surface area contributed by atoms with E-state index in [4.69, 9.17) is 4.74 Å². The van der Waals surface area contributed by atoms with Gasteiger partial charge in [0, 0.05) is 23.3 Å². The molecule has 1 aromatic rings. The number of nitrogens with one attached hydrogen (secondary N) is 2. The fourth-order valence-corrected chi connectivity index (χ4v) is 2.25. The van der Waals surface area contributed by atoms with Crippen molar-refractivity contribution in [2.45, 2.75) is 18.9 Å². The SMILES string of the molecule is O=C(NC[C@@H]1CCCO1)C(=O)Nc1cccc(Br)c1. The van der Waals surface area contributed by atoms with Gasteiger partial charge in [-0.3, -0.25) is 9.59 Å². The number of halogens is 1. The quantitative estimate of drug-likeness (QED) is 0.830. The Kier molecular flexibility index (Phi) is 4.93. The summed E-state index contributed by atoms with van der Waals surface area (Å²) in [6.07, 6.45) is 1.96. The smallest absolute Gasteiger partial charge is 0.313 e. The van der Waals surface area contributed by atoms with Gasteiger partial charge in [-0.05, 0) is 31.0 Å². The minimum atomic E-state index is -0.670. The van der Waals surface area contributed by atoms with Crippen LogP contribution in [0.25, 0.3) is 0 Å². The Morgan fingerprint density at radius 3 is 2.89 bits per heavy atom. The molecule has 1 aliphatic heterocycles. The molecule has 19 heavy (non-hydrogen) atoms. The zero-order chi connectivity index (χ0) is 13.7. The highest BCUT2D eigenvalue weighted by Crippen LogP contribution is 2.15. The van der Waals surface area contributed by atoms with Gasteiger partial charge in [0.15, 0.2) is 0 Å². The molecular weight excluding hydrogens is 312 g/mol. The van der Waals surface area contributed by atoms with Crippen LogP contribution in [0.4, 0.5) is 5.69 Å². The summed E-state index contributed by atoms with van der Waals surface area (Å²) >= 11 is 3.30. The summed E-state index contributed by atoms with van der Waals surface area (Å²) in [5.74, 6) is -1.31. The molecule has 102 valence electrons. The molecular formula is C13H15BrN2O3. The van der Waals surface area contributed by atoms with Crippen LogP contribution in [0.2, 0.25) is 0 Å². The molecule has 2 rings (SSSR count). The lowest BCUT2D eigenvalue weighted by molar-refractivity contribution is -0.136. The Hall–Kier alpha value is -1.40. The number of anilines is 1. The maximum Gasteiger partial charge on any atom is 0.313 e. The molecule has 2 N–H and O–H groups in total. The summed E-state index contributed by atoms with van der Waals surface area (Å²) < 4.78 is 6.20. The van der Waals surface area contributed by atoms with E-state index in [1.165, 1.54) is 0 Å². The number of hydrogen-bond acceptors (Lipinski definition) is 3. The van der Waals surface area contributed by atoms with Crippen molar-refractivity contribution < 1.29 is 14.3 Å². The van der Waals surface area contributed by atoms with Crippen LogP contribution in [0.1, 0.15) is 12.8 Å². The highest BCUT2D eigenvalue weighted by Gasteiger charge is 2.19. The first-order chi connectivity index (χ1) is 9.15. The molecule has 1 aromatic carbocycles. The van der Waals surface area contributed by atoms with Crippen LogP contribution >= 0.6 is 15.9 Å². The van der Waals surface area contributed by atoms with E-state index in [9.17, 15) is 9.59 Å². The Morgan fingerprint density at radius 1 is 1.37 bits per heavy atom. The molecule has 0 bridgehead atoms. The maximum atomic E-state index is 11.6. The molecule has 0 aromatic heterocycles. The first kappa shape index (κ1) is 14.0. The van der Waals surface area contributed by atoms with Gasteiger partial charge in [-0.1, -0.05) is 22.0 Å². The van der Waals surface area contributed by atoms with E-state index in [-0.39, 0.29) is 6.10 Å². The van der Waals surface area contributed by atoms with Crippen molar-refractivity contribution in [3.8, 4) is 0 Å². The number of benzene rings is 1. The van der Waals surface area contributed by atoms with Crippen molar-refractivity contribution in [2.75, 3.05) is 18.5 Å². The minimum Gasteiger partial charge on any atom is -0.376 e. The summed E-state index contributed by atoms with van der Waals surface area (Å²) in [4.78, 5) is 23.2. The van der Waals surface area contributed by atoms with Crippen LogP contribution < -0.4 is 10.6 Å². The fraction of sp³-hybridized carbons (Fsp3) is 0.385. The molecule has 1 heterocycles. The normalized spacial score (nSPS) is 18.1. The van der Waals surface area contributed by atoms with Crippen molar-refractivity contribution >= 4 is 33.4 Å². The predicted molar refractivity (Wildman–Crippen MR) is 74.8 cm³/mol. The first-order valence-corrected chi connectivity index (χ1v) is 6.91. The van der Waals surface area contributed by atoms with Gasteiger partial charge >= 0.3 is 11.8 Å². The predicted octanol–water partition coefficient (Wildman–Crippen LogP) is 1.68. The van der Waals surface area contributed by atoms with Crippen LogP contribution in [-0.2, 0) is 14.3 Å². The Balaban J connectivity index is 1.80. The van der Waals surface area contributed by atoms with Gasteiger partial charge in [0.2, 0.25) is 0 Å². The van der Waals surface area contributed by atoms with E-state index in [1.807, 2.05) is 6.07 Å². The largest absolute Gasteiger partial charge is 0.376 e. The second-order valence-corrected chi connectivity index (χ2v) is 5.23. The third-order valence-corrected chi connectivity index (χ3v) is 3.30. The Labute approximate surface area is 119 Å². The maximum absolute atomic E-state index is 11.6. The summed E-state index contributed by atoms with van der Waals surface area (Å²) in [6, 6.07) is 7.07. The van der Waals surface area contributed by atoms with Gasteiger partial charge < -0.3 is 15.4 Å². The monoisotopic (exact) mass is 326 g/mol. The van der Waals surface area contributed by atoms with E-state index in [0.717, 1.165) is 23.9 Å². The third-order valence-electron chi connectivity index (χ3n) is 2.80. The van der Waals surface area contributed by atoms with Gasteiger partial charge in [-0.25, -0.2) is 0 Å². The number of carbonyl (C=O) groups excluding carboxylic acids is 2. The van der Waals surface area contributed by atoms with Crippen molar-refractivity contribution in [1.29, 1.82) is 0 Å². The van der Waals surface area contributed by atoms with Crippen LogP contribution in [0.15, 0.2) is 28.7 Å². The summed E-state index contributed by atoms with van der Waals surface area (Å²) in [5.41, 5.74) is 0.576. The molecule has 1 aliphatic rings. The lowest BCUT2D eigenvalue weighted by Gasteiger charge is -2.10. The standard InChI is InChI=1S/C13H15BrN2O3/c14-9-3-1-4-10(7-9)16-13(18)12(17)15-8-11-5-2-6-19-11/h1,3-4,7,11H,2,5-6,8H2,(H,15,17)(H,16,18)/t11-/m0/s1.